The van der Waals surface area contributed by atoms with E-state index in [2.05, 4.69) is 10.2 Å². The van der Waals surface area contributed by atoms with Gasteiger partial charge in [0.25, 0.3) is 0 Å². The van der Waals surface area contributed by atoms with Crippen LogP contribution < -0.4 is 5.32 Å². The number of carbonyl (C=O) groups is 1. The monoisotopic (exact) mass is 294 g/mol. The SMILES string of the molecule is O=C(O)C(c1ccc(Cl)cc1)(C1CC1)N1CCNCC1. The number of rotatable bonds is 4. The second-order valence-corrected chi connectivity index (χ2v) is 6.03. The lowest BCUT2D eigenvalue weighted by molar-refractivity contribution is -0.155. The van der Waals surface area contributed by atoms with Crippen molar-refractivity contribution in [3.8, 4) is 0 Å². The first-order valence-corrected chi connectivity index (χ1v) is 7.48. The molecule has 0 radical (unpaired) electrons. The van der Waals surface area contributed by atoms with Crippen LogP contribution in [0.1, 0.15) is 18.4 Å². The summed E-state index contributed by atoms with van der Waals surface area (Å²) in [4.78, 5) is 14.3. The van der Waals surface area contributed by atoms with Crippen LogP contribution in [0, 0.1) is 5.92 Å². The number of nitrogens with one attached hydrogen (secondary N) is 1. The number of hydrogen-bond donors (Lipinski definition) is 2. The van der Waals surface area contributed by atoms with Gasteiger partial charge in [-0.25, -0.2) is 4.79 Å². The zero-order valence-corrected chi connectivity index (χ0v) is 12.1. The number of nitrogens with zero attached hydrogens (tertiary/aromatic N) is 1. The summed E-state index contributed by atoms with van der Waals surface area (Å²) in [7, 11) is 0. The van der Waals surface area contributed by atoms with Crippen LogP contribution in [-0.4, -0.2) is 42.2 Å². The molecule has 1 saturated heterocycles. The first-order chi connectivity index (χ1) is 9.65. The van der Waals surface area contributed by atoms with Gasteiger partial charge in [0.1, 0.15) is 5.54 Å². The molecule has 20 heavy (non-hydrogen) atoms. The topological polar surface area (TPSA) is 52.6 Å². The van der Waals surface area contributed by atoms with Gasteiger partial charge in [0.05, 0.1) is 0 Å². The molecule has 3 rings (SSSR count). The molecule has 1 aromatic rings. The van der Waals surface area contributed by atoms with Gasteiger partial charge in [-0.05, 0) is 36.5 Å². The van der Waals surface area contributed by atoms with Crippen molar-refractivity contribution in [2.45, 2.75) is 18.4 Å². The maximum absolute atomic E-state index is 12.2. The minimum absolute atomic E-state index is 0.208. The Hall–Kier alpha value is -1.10. The molecule has 0 spiro atoms. The van der Waals surface area contributed by atoms with Crippen LogP contribution in [0.3, 0.4) is 0 Å². The van der Waals surface area contributed by atoms with E-state index in [1.165, 1.54) is 0 Å². The van der Waals surface area contributed by atoms with E-state index < -0.39 is 11.5 Å². The van der Waals surface area contributed by atoms with Gasteiger partial charge in [0.2, 0.25) is 0 Å². The highest BCUT2D eigenvalue weighted by Gasteiger charge is 2.56. The van der Waals surface area contributed by atoms with E-state index in [0.29, 0.717) is 5.02 Å². The van der Waals surface area contributed by atoms with E-state index in [4.69, 9.17) is 11.6 Å². The number of carboxylic acid groups (broad SMARTS) is 1. The van der Waals surface area contributed by atoms with E-state index in [1.807, 2.05) is 12.1 Å². The minimum Gasteiger partial charge on any atom is -0.480 e. The van der Waals surface area contributed by atoms with Gasteiger partial charge < -0.3 is 10.4 Å². The van der Waals surface area contributed by atoms with E-state index >= 15 is 0 Å². The molecule has 1 saturated carbocycles. The van der Waals surface area contributed by atoms with Gasteiger partial charge in [-0.1, -0.05) is 23.7 Å². The quantitative estimate of drug-likeness (QED) is 0.891. The molecule has 1 aliphatic heterocycles. The Morgan fingerprint density at radius 1 is 1.25 bits per heavy atom. The first kappa shape index (κ1) is 13.9. The lowest BCUT2D eigenvalue weighted by Crippen LogP contribution is -2.59. The Morgan fingerprint density at radius 2 is 1.85 bits per heavy atom. The summed E-state index contributed by atoms with van der Waals surface area (Å²) >= 11 is 5.95. The van der Waals surface area contributed by atoms with Gasteiger partial charge in [-0.15, -0.1) is 0 Å². The van der Waals surface area contributed by atoms with Crippen molar-refractivity contribution < 1.29 is 9.90 Å². The van der Waals surface area contributed by atoms with Crippen molar-refractivity contribution >= 4 is 17.6 Å². The van der Waals surface area contributed by atoms with E-state index in [0.717, 1.165) is 44.6 Å². The van der Waals surface area contributed by atoms with Crippen LogP contribution in [0.25, 0.3) is 0 Å². The second kappa shape index (κ2) is 5.35. The molecule has 2 fully saturated rings. The van der Waals surface area contributed by atoms with Gasteiger partial charge in [0, 0.05) is 31.2 Å². The molecule has 2 N–H and O–H groups in total. The molecule has 4 nitrogen and oxygen atoms in total. The smallest absolute Gasteiger partial charge is 0.329 e. The lowest BCUT2D eigenvalue weighted by Gasteiger charge is -2.43. The van der Waals surface area contributed by atoms with E-state index in [9.17, 15) is 9.90 Å². The Balaban J connectivity index is 2.05. The maximum Gasteiger partial charge on any atom is 0.329 e. The van der Waals surface area contributed by atoms with Crippen molar-refractivity contribution in [1.82, 2.24) is 10.2 Å². The largest absolute Gasteiger partial charge is 0.480 e. The fraction of sp³-hybridized carbons (Fsp3) is 0.533. The van der Waals surface area contributed by atoms with Crippen LogP contribution in [0.2, 0.25) is 5.02 Å². The molecular weight excluding hydrogens is 276 g/mol. The Labute approximate surface area is 123 Å². The molecule has 0 aromatic heterocycles. The highest BCUT2D eigenvalue weighted by molar-refractivity contribution is 6.30. The third-order valence-electron chi connectivity index (χ3n) is 4.39. The number of piperazine rings is 1. The summed E-state index contributed by atoms with van der Waals surface area (Å²) in [6.07, 6.45) is 1.97. The summed E-state index contributed by atoms with van der Waals surface area (Å²) < 4.78 is 0. The molecule has 0 bridgehead atoms. The van der Waals surface area contributed by atoms with E-state index in [-0.39, 0.29) is 5.92 Å². The Bertz CT molecular complexity index is 495. The summed E-state index contributed by atoms with van der Waals surface area (Å²) in [6.45, 7) is 3.22. The molecular formula is C15H19ClN2O2. The molecule has 0 amide bonds. The Kier molecular flexibility index (Phi) is 3.71. The predicted molar refractivity (Wildman–Crippen MR) is 77.9 cm³/mol. The summed E-state index contributed by atoms with van der Waals surface area (Å²) in [6, 6.07) is 7.33. The minimum atomic E-state index is -0.882. The van der Waals surface area contributed by atoms with Crippen molar-refractivity contribution in [2.24, 2.45) is 5.92 Å². The molecule has 1 aromatic carbocycles. The Morgan fingerprint density at radius 3 is 2.35 bits per heavy atom. The zero-order valence-electron chi connectivity index (χ0n) is 11.3. The van der Waals surface area contributed by atoms with E-state index in [1.54, 1.807) is 12.1 Å². The summed E-state index contributed by atoms with van der Waals surface area (Å²) in [5.41, 5.74) is -0.0223. The highest BCUT2D eigenvalue weighted by atomic mass is 35.5. The standard InChI is InChI=1S/C15H19ClN2O2/c16-13-5-3-12(4-6-13)15(14(19)20,11-1-2-11)18-9-7-17-8-10-18/h3-6,11,17H,1-2,7-10H2,(H,19,20). The van der Waals surface area contributed by atoms with Crippen LogP contribution >= 0.6 is 11.6 Å². The third-order valence-corrected chi connectivity index (χ3v) is 4.65. The van der Waals surface area contributed by atoms with Crippen molar-refractivity contribution in [1.29, 1.82) is 0 Å². The number of halogens is 1. The molecule has 2 aliphatic rings. The average Bonchev–Trinajstić information content (AvgIpc) is 3.27. The van der Waals surface area contributed by atoms with Gasteiger partial charge in [-0.2, -0.15) is 0 Å². The first-order valence-electron chi connectivity index (χ1n) is 7.11. The van der Waals surface area contributed by atoms with Gasteiger partial charge in [-0.3, -0.25) is 4.90 Å². The average molecular weight is 295 g/mol. The molecule has 5 heteroatoms. The van der Waals surface area contributed by atoms with Crippen molar-refractivity contribution in [3.63, 3.8) is 0 Å². The second-order valence-electron chi connectivity index (χ2n) is 5.59. The number of hydrogen-bond acceptors (Lipinski definition) is 3. The fourth-order valence-electron chi connectivity index (χ4n) is 3.33. The molecule has 1 atom stereocenters. The van der Waals surface area contributed by atoms with Crippen LogP contribution in [-0.2, 0) is 10.3 Å². The molecule has 1 unspecified atom stereocenters. The number of benzene rings is 1. The van der Waals surface area contributed by atoms with Gasteiger partial charge >= 0.3 is 5.97 Å². The lowest BCUT2D eigenvalue weighted by atomic mass is 9.82. The predicted octanol–water partition coefficient (Wildman–Crippen LogP) is 1.94. The summed E-state index contributed by atoms with van der Waals surface area (Å²) in [5, 5.41) is 13.9. The van der Waals surface area contributed by atoms with Crippen LogP contribution in [0.4, 0.5) is 0 Å². The van der Waals surface area contributed by atoms with Crippen molar-refractivity contribution in [2.75, 3.05) is 26.2 Å². The van der Waals surface area contributed by atoms with Crippen LogP contribution in [0.5, 0.6) is 0 Å². The highest BCUT2D eigenvalue weighted by Crippen LogP contribution is 2.50. The fourth-order valence-corrected chi connectivity index (χ4v) is 3.46. The zero-order chi connectivity index (χ0) is 14.2. The molecule has 108 valence electrons. The van der Waals surface area contributed by atoms with Gasteiger partial charge in [0.15, 0.2) is 0 Å². The number of aliphatic carboxylic acids is 1. The molecule has 1 aliphatic carbocycles. The molecule has 1 heterocycles. The number of carboxylic acids is 1. The normalized spacial score (nSPS) is 23.2. The summed E-state index contributed by atoms with van der Waals surface area (Å²) in [5.74, 6) is -0.525. The third kappa shape index (κ3) is 2.22. The maximum atomic E-state index is 12.2. The van der Waals surface area contributed by atoms with Crippen LogP contribution in [0.15, 0.2) is 24.3 Å². The van der Waals surface area contributed by atoms with Crippen molar-refractivity contribution in [3.05, 3.63) is 34.9 Å².